The summed E-state index contributed by atoms with van der Waals surface area (Å²) in [5.74, 6) is -0.200. The van der Waals surface area contributed by atoms with Gasteiger partial charge in [-0.05, 0) is 24.3 Å². The maximum atomic E-state index is 11.8. The molecule has 0 radical (unpaired) electrons. The van der Waals surface area contributed by atoms with Crippen molar-refractivity contribution in [1.82, 2.24) is 4.31 Å². The Morgan fingerprint density at radius 3 is 2.21 bits per heavy atom. The molecule has 106 valence electrons. The number of anilines is 1. The van der Waals surface area contributed by atoms with Gasteiger partial charge in [0.2, 0.25) is 10.0 Å². The van der Waals surface area contributed by atoms with Crippen LogP contribution >= 0.6 is 11.6 Å². The van der Waals surface area contributed by atoms with Gasteiger partial charge in [-0.15, -0.1) is 0 Å². The molecule has 0 amide bonds. The predicted molar refractivity (Wildman–Crippen MR) is 76.1 cm³/mol. The average molecular weight is 305 g/mol. The highest BCUT2D eigenvalue weighted by atomic mass is 35.5. The molecule has 1 saturated heterocycles. The number of rotatable bonds is 4. The van der Waals surface area contributed by atoms with E-state index in [2.05, 4.69) is 4.90 Å². The predicted octanol–water partition coefficient (Wildman–Crippen LogP) is 0.784. The lowest BCUT2D eigenvalue weighted by Gasteiger charge is -2.35. The van der Waals surface area contributed by atoms with Gasteiger partial charge in [0.1, 0.15) is 0 Å². The topological polar surface area (TPSA) is 60.9 Å². The van der Waals surface area contributed by atoms with Crippen LogP contribution in [0.2, 0.25) is 5.02 Å². The minimum atomic E-state index is -3.31. The second-order valence-corrected chi connectivity index (χ2v) is 6.93. The van der Waals surface area contributed by atoms with Crippen molar-refractivity contribution in [3.63, 3.8) is 0 Å². The zero-order chi connectivity index (χ0) is 13.9. The molecule has 0 spiro atoms. The zero-order valence-corrected chi connectivity index (χ0v) is 12.1. The van der Waals surface area contributed by atoms with E-state index in [4.69, 9.17) is 16.7 Å². The number of sulfonamides is 1. The number of nitrogens with zero attached hydrogens (tertiary/aromatic N) is 2. The van der Waals surface area contributed by atoms with Crippen molar-refractivity contribution >= 4 is 27.3 Å². The second kappa shape index (κ2) is 6.09. The lowest BCUT2D eigenvalue weighted by atomic mass is 10.2. The van der Waals surface area contributed by atoms with Crippen molar-refractivity contribution in [3.8, 4) is 0 Å². The third-order valence-electron chi connectivity index (χ3n) is 3.17. The Labute approximate surface area is 118 Å². The van der Waals surface area contributed by atoms with Crippen LogP contribution in [0.15, 0.2) is 24.3 Å². The average Bonchev–Trinajstić information content (AvgIpc) is 2.40. The number of halogens is 1. The largest absolute Gasteiger partial charge is 0.395 e. The molecule has 5 nitrogen and oxygen atoms in total. The van der Waals surface area contributed by atoms with Crippen LogP contribution in [-0.4, -0.2) is 56.4 Å². The molecular weight excluding hydrogens is 288 g/mol. The van der Waals surface area contributed by atoms with E-state index < -0.39 is 10.0 Å². The molecule has 1 N–H and O–H groups in total. The van der Waals surface area contributed by atoms with E-state index in [9.17, 15) is 8.42 Å². The van der Waals surface area contributed by atoms with Crippen LogP contribution in [0.3, 0.4) is 0 Å². The van der Waals surface area contributed by atoms with E-state index in [0.717, 1.165) is 5.69 Å². The molecule has 7 heteroatoms. The van der Waals surface area contributed by atoms with Gasteiger partial charge < -0.3 is 10.0 Å². The van der Waals surface area contributed by atoms with E-state index in [0.29, 0.717) is 31.2 Å². The summed E-state index contributed by atoms with van der Waals surface area (Å²) < 4.78 is 25.0. The standard InChI is InChI=1S/C12H17ClN2O3S/c13-11-1-3-12(4-2-11)14-5-7-15(8-6-14)19(17,18)10-9-16/h1-4,16H,5-10H2. The Hall–Kier alpha value is -0.820. The van der Waals surface area contributed by atoms with Crippen molar-refractivity contribution in [2.24, 2.45) is 0 Å². The molecule has 0 bridgehead atoms. The summed E-state index contributed by atoms with van der Waals surface area (Å²) in [6.45, 7) is 1.86. The Bertz CT molecular complexity index is 510. The molecule has 0 aromatic heterocycles. The molecule has 1 heterocycles. The quantitative estimate of drug-likeness (QED) is 0.893. The second-order valence-electron chi connectivity index (χ2n) is 4.40. The molecule has 19 heavy (non-hydrogen) atoms. The lowest BCUT2D eigenvalue weighted by Crippen LogP contribution is -2.49. The molecule has 1 aromatic rings. The number of aliphatic hydroxyl groups excluding tert-OH is 1. The fourth-order valence-electron chi connectivity index (χ4n) is 2.12. The fourth-order valence-corrected chi connectivity index (χ4v) is 3.46. The minimum absolute atomic E-state index is 0.200. The van der Waals surface area contributed by atoms with E-state index >= 15 is 0 Å². The van der Waals surface area contributed by atoms with E-state index in [1.54, 1.807) is 0 Å². The number of piperazine rings is 1. The zero-order valence-electron chi connectivity index (χ0n) is 10.5. The van der Waals surface area contributed by atoms with E-state index in [-0.39, 0.29) is 12.4 Å². The summed E-state index contributed by atoms with van der Waals surface area (Å²) in [5, 5.41) is 9.45. The summed E-state index contributed by atoms with van der Waals surface area (Å²) in [6, 6.07) is 7.51. The molecule has 2 rings (SSSR count). The summed E-state index contributed by atoms with van der Waals surface area (Å²) in [4.78, 5) is 2.13. The number of aliphatic hydroxyl groups is 1. The smallest absolute Gasteiger partial charge is 0.216 e. The van der Waals surface area contributed by atoms with Crippen LogP contribution in [0.1, 0.15) is 0 Å². The highest BCUT2D eigenvalue weighted by molar-refractivity contribution is 7.89. The molecule has 1 aromatic carbocycles. The van der Waals surface area contributed by atoms with Crippen molar-refractivity contribution in [2.75, 3.05) is 43.4 Å². The number of hydrogen-bond donors (Lipinski definition) is 1. The van der Waals surface area contributed by atoms with Gasteiger partial charge in [0.25, 0.3) is 0 Å². The SMILES string of the molecule is O=S(=O)(CCO)N1CCN(c2ccc(Cl)cc2)CC1. The molecule has 0 atom stereocenters. The summed E-state index contributed by atoms with van der Waals surface area (Å²) >= 11 is 5.84. The molecule has 0 unspecified atom stereocenters. The maximum absolute atomic E-state index is 11.8. The first-order valence-electron chi connectivity index (χ1n) is 6.12. The van der Waals surface area contributed by atoms with Gasteiger partial charge in [-0.25, -0.2) is 8.42 Å². The van der Waals surface area contributed by atoms with Gasteiger partial charge in [0, 0.05) is 36.9 Å². The molecule has 1 aliphatic heterocycles. The van der Waals surface area contributed by atoms with Crippen molar-refractivity contribution in [3.05, 3.63) is 29.3 Å². The fraction of sp³-hybridized carbons (Fsp3) is 0.500. The molecule has 1 aliphatic rings. The maximum Gasteiger partial charge on any atom is 0.216 e. The summed E-state index contributed by atoms with van der Waals surface area (Å²) in [5.41, 5.74) is 1.05. The Kier molecular flexibility index (Phi) is 4.67. The first kappa shape index (κ1) is 14.6. The van der Waals surface area contributed by atoms with Gasteiger partial charge >= 0.3 is 0 Å². The van der Waals surface area contributed by atoms with Gasteiger partial charge in [-0.2, -0.15) is 4.31 Å². The highest BCUT2D eigenvalue weighted by Crippen LogP contribution is 2.20. The minimum Gasteiger partial charge on any atom is -0.395 e. The lowest BCUT2D eigenvalue weighted by molar-refractivity contribution is 0.312. The number of benzene rings is 1. The first-order chi connectivity index (χ1) is 9.03. The monoisotopic (exact) mass is 304 g/mol. The van der Waals surface area contributed by atoms with Crippen molar-refractivity contribution in [1.29, 1.82) is 0 Å². The van der Waals surface area contributed by atoms with Crippen molar-refractivity contribution < 1.29 is 13.5 Å². The van der Waals surface area contributed by atoms with Crippen LogP contribution in [0.25, 0.3) is 0 Å². The summed E-state index contributed by atoms with van der Waals surface area (Å²) in [7, 11) is -3.31. The molecule has 1 fully saturated rings. The van der Waals surface area contributed by atoms with Crippen molar-refractivity contribution in [2.45, 2.75) is 0 Å². The third kappa shape index (κ3) is 3.60. The molecule has 0 aliphatic carbocycles. The van der Waals surface area contributed by atoms with E-state index in [1.807, 2.05) is 24.3 Å². The van der Waals surface area contributed by atoms with Gasteiger partial charge in [0.15, 0.2) is 0 Å². The van der Waals surface area contributed by atoms with Crippen LogP contribution in [0.5, 0.6) is 0 Å². The van der Waals surface area contributed by atoms with Crippen LogP contribution in [0, 0.1) is 0 Å². The molecular formula is C12H17ClN2O3S. The number of hydrogen-bond acceptors (Lipinski definition) is 4. The first-order valence-corrected chi connectivity index (χ1v) is 8.11. The third-order valence-corrected chi connectivity index (χ3v) is 5.28. The highest BCUT2D eigenvalue weighted by Gasteiger charge is 2.26. The Balaban J connectivity index is 1.98. The molecule has 0 saturated carbocycles. The Morgan fingerprint density at radius 1 is 1.11 bits per heavy atom. The van der Waals surface area contributed by atoms with Gasteiger partial charge in [-0.1, -0.05) is 11.6 Å². The van der Waals surface area contributed by atoms with Gasteiger partial charge in [0.05, 0.1) is 12.4 Å². The van der Waals surface area contributed by atoms with Crippen LogP contribution < -0.4 is 4.90 Å². The van der Waals surface area contributed by atoms with Gasteiger partial charge in [-0.3, -0.25) is 0 Å². The normalized spacial score (nSPS) is 17.7. The van der Waals surface area contributed by atoms with E-state index in [1.165, 1.54) is 4.31 Å². The Morgan fingerprint density at radius 2 is 1.68 bits per heavy atom. The van der Waals surface area contributed by atoms with Crippen LogP contribution in [0.4, 0.5) is 5.69 Å². The van der Waals surface area contributed by atoms with Crippen LogP contribution in [-0.2, 0) is 10.0 Å². The summed E-state index contributed by atoms with van der Waals surface area (Å²) in [6.07, 6.45) is 0.